The molecule has 1 N–H and O–H groups in total. The van der Waals surface area contributed by atoms with Gasteiger partial charge in [0.25, 0.3) is 5.91 Å². The lowest BCUT2D eigenvalue weighted by Crippen LogP contribution is -2.20. The molecule has 3 aromatic rings. The number of hydrogen-bond donors (Lipinski definition) is 1. The number of fused-ring (bicyclic) bond motifs is 1. The predicted octanol–water partition coefficient (Wildman–Crippen LogP) is 3.86. The number of nitrogens with zero attached hydrogens (tertiary/aromatic N) is 4. The van der Waals surface area contributed by atoms with Crippen molar-refractivity contribution in [3.05, 3.63) is 54.0 Å². The maximum atomic E-state index is 12.8. The highest BCUT2D eigenvalue weighted by Gasteiger charge is 2.16. The summed E-state index contributed by atoms with van der Waals surface area (Å²) in [5.41, 5.74) is 4.07. The molecule has 6 nitrogen and oxygen atoms in total. The normalized spacial score (nSPS) is 14.9. The average molecular weight is 363 g/mol. The van der Waals surface area contributed by atoms with E-state index in [1.165, 1.54) is 12.8 Å². The first-order chi connectivity index (χ1) is 13.1. The number of likely N-dealkylation sites (tertiary alicyclic amines) is 1. The van der Waals surface area contributed by atoms with E-state index in [4.69, 9.17) is 0 Å². The number of hydrogen-bond acceptors (Lipinski definition) is 4. The quantitative estimate of drug-likeness (QED) is 0.748. The number of carbonyl (C=O) groups excluding carboxylic acids is 1. The van der Waals surface area contributed by atoms with Gasteiger partial charge in [-0.15, -0.1) is 0 Å². The van der Waals surface area contributed by atoms with E-state index in [0.717, 1.165) is 42.0 Å². The molecule has 0 saturated carbocycles. The smallest absolute Gasteiger partial charge is 0.257 e. The van der Waals surface area contributed by atoms with Crippen LogP contribution in [0.1, 0.15) is 48.7 Å². The minimum Gasteiger partial charge on any atom is -0.322 e. The van der Waals surface area contributed by atoms with Crippen LogP contribution in [0.3, 0.4) is 0 Å². The molecule has 1 fully saturated rings. The van der Waals surface area contributed by atoms with E-state index in [1.54, 1.807) is 18.6 Å². The molecular weight excluding hydrogens is 338 g/mol. The molecule has 1 aromatic carbocycles. The van der Waals surface area contributed by atoms with Crippen molar-refractivity contribution in [3.8, 4) is 0 Å². The average Bonchev–Trinajstić information content (AvgIpc) is 3.32. The van der Waals surface area contributed by atoms with Crippen LogP contribution in [0.25, 0.3) is 11.2 Å². The molecule has 2 aromatic heterocycles. The molecule has 6 heteroatoms. The molecule has 0 atom stereocenters. The van der Waals surface area contributed by atoms with Gasteiger partial charge < -0.3 is 9.88 Å². The number of para-hydroxylation sites is 1. The molecule has 1 aliphatic heterocycles. The van der Waals surface area contributed by atoms with Gasteiger partial charge >= 0.3 is 0 Å². The van der Waals surface area contributed by atoms with E-state index in [1.807, 2.05) is 22.8 Å². The van der Waals surface area contributed by atoms with E-state index >= 15 is 0 Å². The number of pyridine rings is 1. The largest absolute Gasteiger partial charge is 0.322 e. The van der Waals surface area contributed by atoms with Gasteiger partial charge in [-0.25, -0.2) is 9.97 Å². The zero-order valence-electron chi connectivity index (χ0n) is 15.9. The van der Waals surface area contributed by atoms with Crippen molar-refractivity contribution >= 4 is 22.8 Å². The Labute approximate surface area is 159 Å². The van der Waals surface area contributed by atoms with Crippen LogP contribution >= 0.6 is 0 Å². The Balaban J connectivity index is 1.54. The van der Waals surface area contributed by atoms with Crippen LogP contribution in [0, 0.1) is 0 Å². The van der Waals surface area contributed by atoms with Gasteiger partial charge in [-0.2, -0.15) is 0 Å². The summed E-state index contributed by atoms with van der Waals surface area (Å²) < 4.78 is 2.00. The van der Waals surface area contributed by atoms with Crippen molar-refractivity contribution in [2.24, 2.45) is 0 Å². The zero-order valence-corrected chi connectivity index (χ0v) is 15.9. The fraction of sp³-hybridized carbons (Fsp3) is 0.381. The number of carbonyl (C=O) groups is 1. The number of nitrogens with one attached hydrogen (secondary N) is 1. The molecule has 4 rings (SSSR count). The topological polar surface area (TPSA) is 63.1 Å². The molecule has 0 aliphatic carbocycles. The van der Waals surface area contributed by atoms with Crippen molar-refractivity contribution in [2.45, 2.75) is 39.3 Å². The first kappa shape index (κ1) is 17.7. The molecule has 0 spiro atoms. The van der Waals surface area contributed by atoms with E-state index in [2.05, 4.69) is 40.1 Å². The van der Waals surface area contributed by atoms with E-state index < -0.39 is 0 Å². The Hall–Kier alpha value is -2.73. The lowest BCUT2D eigenvalue weighted by Gasteiger charge is -2.17. The highest BCUT2D eigenvalue weighted by Crippen LogP contribution is 2.21. The van der Waals surface area contributed by atoms with Crippen LogP contribution in [-0.4, -0.2) is 38.4 Å². The Kier molecular flexibility index (Phi) is 4.90. The van der Waals surface area contributed by atoms with Crippen molar-refractivity contribution in [2.75, 3.05) is 18.4 Å². The lowest BCUT2D eigenvalue weighted by atomic mass is 10.1. The molecule has 1 saturated heterocycles. The van der Waals surface area contributed by atoms with Gasteiger partial charge in [0.05, 0.1) is 11.9 Å². The monoisotopic (exact) mass is 363 g/mol. The van der Waals surface area contributed by atoms with Crippen molar-refractivity contribution in [1.29, 1.82) is 0 Å². The molecule has 0 bridgehead atoms. The molecular formula is C21H25N5O. The van der Waals surface area contributed by atoms with Crippen LogP contribution in [0.4, 0.5) is 5.69 Å². The summed E-state index contributed by atoms with van der Waals surface area (Å²) in [6.45, 7) is 7.29. The van der Waals surface area contributed by atoms with Crippen molar-refractivity contribution in [3.63, 3.8) is 0 Å². The number of imidazole rings is 1. The third-order valence-corrected chi connectivity index (χ3v) is 5.09. The van der Waals surface area contributed by atoms with E-state index in [0.29, 0.717) is 5.56 Å². The van der Waals surface area contributed by atoms with Crippen LogP contribution in [-0.2, 0) is 6.54 Å². The highest BCUT2D eigenvalue weighted by atomic mass is 16.1. The maximum Gasteiger partial charge on any atom is 0.257 e. The summed E-state index contributed by atoms with van der Waals surface area (Å²) in [5, 5.41) is 3.05. The fourth-order valence-corrected chi connectivity index (χ4v) is 3.58. The Morgan fingerprint density at radius 3 is 2.74 bits per heavy atom. The van der Waals surface area contributed by atoms with Gasteiger partial charge in [0.15, 0.2) is 5.65 Å². The first-order valence-corrected chi connectivity index (χ1v) is 9.56. The van der Waals surface area contributed by atoms with E-state index in [9.17, 15) is 4.79 Å². The van der Waals surface area contributed by atoms with Crippen LogP contribution in [0.5, 0.6) is 0 Å². The second kappa shape index (κ2) is 7.48. The minimum absolute atomic E-state index is 0.155. The second-order valence-electron chi connectivity index (χ2n) is 7.41. The van der Waals surface area contributed by atoms with Crippen LogP contribution in [0.2, 0.25) is 0 Å². The molecule has 0 unspecified atom stereocenters. The number of benzene rings is 1. The zero-order chi connectivity index (χ0) is 18.8. The Morgan fingerprint density at radius 1 is 1.19 bits per heavy atom. The summed E-state index contributed by atoms with van der Waals surface area (Å²) in [4.78, 5) is 24.1. The van der Waals surface area contributed by atoms with Crippen LogP contribution < -0.4 is 5.32 Å². The van der Waals surface area contributed by atoms with Gasteiger partial charge in [-0.05, 0) is 57.5 Å². The summed E-state index contributed by atoms with van der Waals surface area (Å²) in [6, 6.07) is 10.1. The van der Waals surface area contributed by atoms with Crippen LogP contribution in [0.15, 0.2) is 42.9 Å². The van der Waals surface area contributed by atoms with Crippen molar-refractivity contribution in [1.82, 2.24) is 19.4 Å². The van der Waals surface area contributed by atoms with Gasteiger partial charge in [0.1, 0.15) is 5.52 Å². The Bertz CT molecular complexity index is 956. The SMILES string of the molecule is CC(C)n1cnc2cc(C(=O)Nc3ccccc3CN3CCCC3)cnc21. The highest BCUT2D eigenvalue weighted by molar-refractivity contribution is 6.05. The summed E-state index contributed by atoms with van der Waals surface area (Å²) in [6.07, 6.45) is 5.91. The molecule has 0 radical (unpaired) electrons. The summed E-state index contributed by atoms with van der Waals surface area (Å²) >= 11 is 0. The molecule has 1 amide bonds. The first-order valence-electron chi connectivity index (χ1n) is 9.56. The van der Waals surface area contributed by atoms with Gasteiger partial charge in [0, 0.05) is 24.5 Å². The van der Waals surface area contributed by atoms with Crippen molar-refractivity contribution < 1.29 is 4.79 Å². The molecule has 3 heterocycles. The second-order valence-corrected chi connectivity index (χ2v) is 7.41. The standard InChI is InChI=1S/C21H25N5O/c1-15(2)26-14-23-19-11-17(12-22-20(19)26)21(27)24-18-8-4-3-7-16(18)13-25-9-5-6-10-25/h3-4,7-8,11-12,14-15H,5-6,9-10,13H2,1-2H3,(H,24,27). The predicted molar refractivity (Wildman–Crippen MR) is 107 cm³/mol. The number of amides is 1. The van der Waals surface area contributed by atoms with Gasteiger partial charge in [0.2, 0.25) is 0 Å². The molecule has 27 heavy (non-hydrogen) atoms. The number of rotatable bonds is 5. The minimum atomic E-state index is -0.155. The van der Waals surface area contributed by atoms with Gasteiger partial charge in [-0.1, -0.05) is 18.2 Å². The summed E-state index contributed by atoms with van der Waals surface area (Å²) in [5.74, 6) is -0.155. The van der Waals surface area contributed by atoms with E-state index in [-0.39, 0.29) is 11.9 Å². The van der Waals surface area contributed by atoms with Gasteiger partial charge in [-0.3, -0.25) is 9.69 Å². The third kappa shape index (κ3) is 3.71. The summed E-state index contributed by atoms with van der Waals surface area (Å²) in [7, 11) is 0. The third-order valence-electron chi connectivity index (χ3n) is 5.09. The number of aromatic nitrogens is 3. The molecule has 1 aliphatic rings. The maximum absolute atomic E-state index is 12.8. The molecule has 140 valence electrons. The Morgan fingerprint density at radius 2 is 1.96 bits per heavy atom. The number of anilines is 1. The fourth-order valence-electron chi connectivity index (χ4n) is 3.58. The lowest BCUT2D eigenvalue weighted by molar-refractivity contribution is 0.102.